The summed E-state index contributed by atoms with van der Waals surface area (Å²) in [5.74, 6) is 1.41. The minimum Gasteiger partial charge on any atom is -0.490 e. The van der Waals surface area contributed by atoms with Crippen LogP contribution < -0.4 is 9.47 Å². The molecule has 1 atom stereocenters. The van der Waals surface area contributed by atoms with Crippen LogP contribution in [0.15, 0.2) is 34.1 Å². The van der Waals surface area contributed by atoms with Gasteiger partial charge in [0.05, 0.1) is 17.7 Å². The number of ether oxygens (including phenoxy) is 2. The summed E-state index contributed by atoms with van der Waals surface area (Å²) >= 11 is 5.02. The molecule has 1 aliphatic rings. The van der Waals surface area contributed by atoms with Crippen LogP contribution in [-0.4, -0.2) is 18.3 Å². The molecule has 0 radical (unpaired) electrons. The summed E-state index contributed by atoms with van der Waals surface area (Å²) in [5.41, 5.74) is 0.804. The lowest BCUT2D eigenvalue weighted by Crippen LogP contribution is -2.00. The highest BCUT2D eigenvalue weighted by Gasteiger charge is 2.19. The third-order valence-corrected chi connectivity index (χ3v) is 4.47. The van der Waals surface area contributed by atoms with Crippen LogP contribution in [0.3, 0.4) is 0 Å². The molecule has 1 aromatic carbocycles. The number of halogens is 1. The first-order valence-corrected chi connectivity index (χ1v) is 7.73. The number of thiophene rings is 1. The number of aliphatic hydroxyl groups is 1. The van der Waals surface area contributed by atoms with Gasteiger partial charge in [-0.25, -0.2) is 0 Å². The summed E-state index contributed by atoms with van der Waals surface area (Å²) in [6, 6.07) is 7.60. The van der Waals surface area contributed by atoms with E-state index in [1.54, 1.807) is 0 Å². The number of rotatable bonds is 2. The van der Waals surface area contributed by atoms with E-state index in [1.165, 1.54) is 11.3 Å². The van der Waals surface area contributed by atoms with Gasteiger partial charge in [-0.15, -0.1) is 11.3 Å². The summed E-state index contributed by atoms with van der Waals surface area (Å²) in [6.45, 7) is 1.29. The van der Waals surface area contributed by atoms with E-state index in [9.17, 15) is 5.11 Å². The van der Waals surface area contributed by atoms with Crippen LogP contribution in [0.25, 0.3) is 0 Å². The maximum atomic E-state index is 10.4. The zero-order valence-corrected chi connectivity index (χ0v) is 12.5. The molecule has 2 aromatic rings. The lowest BCUT2D eigenvalue weighted by molar-refractivity contribution is 0.223. The molecule has 0 spiro atoms. The number of fused-ring (bicyclic) bond motifs is 1. The molecule has 100 valence electrons. The largest absolute Gasteiger partial charge is 0.490 e. The molecule has 0 amide bonds. The van der Waals surface area contributed by atoms with Gasteiger partial charge in [-0.1, -0.05) is 6.07 Å². The maximum Gasteiger partial charge on any atom is 0.175 e. The van der Waals surface area contributed by atoms with Gasteiger partial charge in [0, 0.05) is 11.3 Å². The van der Waals surface area contributed by atoms with Crippen LogP contribution in [-0.2, 0) is 0 Å². The SMILES string of the molecule is OC(c1cc(Br)c2c(c1)OCCCO2)c1cccs1. The number of hydrogen-bond donors (Lipinski definition) is 1. The fraction of sp³-hybridized carbons (Fsp3) is 0.286. The second-order valence-corrected chi connectivity index (χ2v) is 6.13. The molecule has 3 nitrogen and oxygen atoms in total. The van der Waals surface area contributed by atoms with Gasteiger partial charge in [-0.05, 0) is 45.1 Å². The second-order valence-electron chi connectivity index (χ2n) is 4.30. The third kappa shape index (κ3) is 2.63. The van der Waals surface area contributed by atoms with Gasteiger partial charge < -0.3 is 14.6 Å². The number of hydrogen-bond acceptors (Lipinski definition) is 4. The molecule has 5 heteroatoms. The van der Waals surface area contributed by atoms with Gasteiger partial charge >= 0.3 is 0 Å². The van der Waals surface area contributed by atoms with Crippen molar-refractivity contribution in [1.29, 1.82) is 0 Å². The minimum absolute atomic E-state index is 0.631. The minimum atomic E-state index is -0.631. The molecule has 1 N–H and O–H groups in total. The quantitative estimate of drug-likeness (QED) is 0.904. The van der Waals surface area contributed by atoms with E-state index in [4.69, 9.17) is 9.47 Å². The fourth-order valence-electron chi connectivity index (χ4n) is 2.02. The van der Waals surface area contributed by atoms with Gasteiger partial charge in [0.2, 0.25) is 0 Å². The predicted octanol–water partition coefficient (Wildman–Crippen LogP) is 3.75. The molecule has 19 heavy (non-hydrogen) atoms. The summed E-state index contributed by atoms with van der Waals surface area (Å²) in [6.07, 6.45) is 0.234. The molecule has 1 aliphatic heterocycles. The Morgan fingerprint density at radius 2 is 2.11 bits per heavy atom. The Bertz CT molecular complexity index is 568. The number of aliphatic hydroxyl groups excluding tert-OH is 1. The highest BCUT2D eigenvalue weighted by molar-refractivity contribution is 9.10. The maximum absolute atomic E-state index is 10.4. The molecule has 1 unspecified atom stereocenters. The molecule has 2 heterocycles. The van der Waals surface area contributed by atoms with Gasteiger partial charge in [-0.2, -0.15) is 0 Å². The standard InChI is InChI=1S/C14H13BrO3S/c15-10-7-9(13(16)12-3-1-6-19-12)8-11-14(10)18-5-2-4-17-11/h1,3,6-8,13,16H,2,4-5H2. The molecule has 0 fully saturated rings. The molecule has 0 aliphatic carbocycles. The normalized spacial score (nSPS) is 15.9. The van der Waals surface area contributed by atoms with Crippen LogP contribution in [0.5, 0.6) is 11.5 Å². The van der Waals surface area contributed by atoms with Gasteiger partial charge in [-0.3, -0.25) is 0 Å². The van der Waals surface area contributed by atoms with E-state index in [0.717, 1.165) is 27.1 Å². The first-order chi connectivity index (χ1) is 9.25. The second kappa shape index (κ2) is 5.53. The fourth-order valence-corrected chi connectivity index (χ4v) is 3.33. The van der Waals surface area contributed by atoms with Crippen LogP contribution in [0.4, 0.5) is 0 Å². The van der Waals surface area contributed by atoms with E-state index in [1.807, 2.05) is 29.6 Å². The summed E-state index contributed by atoms with van der Waals surface area (Å²) in [4.78, 5) is 0.918. The van der Waals surface area contributed by atoms with Crippen molar-refractivity contribution in [3.8, 4) is 11.5 Å². The topological polar surface area (TPSA) is 38.7 Å². The Morgan fingerprint density at radius 1 is 1.26 bits per heavy atom. The first kappa shape index (κ1) is 13.0. The molecule has 0 bridgehead atoms. The molecule has 3 rings (SSSR count). The average Bonchev–Trinajstić information content (AvgIpc) is 2.83. The van der Waals surface area contributed by atoms with Gasteiger partial charge in [0.15, 0.2) is 11.5 Å². The van der Waals surface area contributed by atoms with E-state index in [0.29, 0.717) is 19.0 Å². The Hall–Kier alpha value is -1.04. The van der Waals surface area contributed by atoms with Crippen LogP contribution >= 0.6 is 27.3 Å². The Kier molecular flexibility index (Phi) is 3.77. The Labute approximate surface area is 123 Å². The predicted molar refractivity (Wildman–Crippen MR) is 78.1 cm³/mol. The van der Waals surface area contributed by atoms with E-state index in [2.05, 4.69) is 15.9 Å². The first-order valence-electron chi connectivity index (χ1n) is 6.06. The van der Waals surface area contributed by atoms with Crippen molar-refractivity contribution in [1.82, 2.24) is 0 Å². The number of benzene rings is 1. The van der Waals surface area contributed by atoms with Crippen LogP contribution in [0.2, 0.25) is 0 Å². The average molecular weight is 341 g/mol. The molecule has 0 saturated carbocycles. The summed E-state index contributed by atoms with van der Waals surface area (Å²) in [5, 5.41) is 12.3. The van der Waals surface area contributed by atoms with Gasteiger partial charge in [0.25, 0.3) is 0 Å². The van der Waals surface area contributed by atoms with Crippen molar-refractivity contribution in [3.05, 3.63) is 44.6 Å². The van der Waals surface area contributed by atoms with Crippen LogP contribution in [0.1, 0.15) is 23.0 Å². The zero-order valence-electron chi connectivity index (χ0n) is 10.1. The van der Waals surface area contributed by atoms with Crippen molar-refractivity contribution in [2.24, 2.45) is 0 Å². The Balaban J connectivity index is 1.99. The van der Waals surface area contributed by atoms with E-state index >= 15 is 0 Å². The van der Waals surface area contributed by atoms with Crippen molar-refractivity contribution in [3.63, 3.8) is 0 Å². The van der Waals surface area contributed by atoms with E-state index in [-0.39, 0.29) is 0 Å². The third-order valence-electron chi connectivity index (χ3n) is 2.95. The highest BCUT2D eigenvalue weighted by atomic mass is 79.9. The van der Waals surface area contributed by atoms with Crippen molar-refractivity contribution in [2.45, 2.75) is 12.5 Å². The lowest BCUT2D eigenvalue weighted by Gasteiger charge is -2.14. The summed E-state index contributed by atoms with van der Waals surface area (Å²) < 4.78 is 12.1. The summed E-state index contributed by atoms with van der Waals surface area (Å²) in [7, 11) is 0. The van der Waals surface area contributed by atoms with E-state index < -0.39 is 6.10 Å². The Morgan fingerprint density at radius 3 is 2.89 bits per heavy atom. The van der Waals surface area contributed by atoms with Crippen LogP contribution in [0, 0.1) is 0 Å². The molecular formula is C14H13BrO3S. The van der Waals surface area contributed by atoms with Gasteiger partial charge in [0.1, 0.15) is 6.10 Å². The lowest BCUT2D eigenvalue weighted by atomic mass is 10.1. The molecule has 0 saturated heterocycles. The van der Waals surface area contributed by atoms with Crippen molar-refractivity contribution in [2.75, 3.05) is 13.2 Å². The molecular weight excluding hydrogens is 328 g/mol. The molecule has 1 aromatic heterocycles. The highest BCUT2D eigenvalue weighted by Crippen LogP contribution is 2.40. The zero-order chi connectivity index (χ0) is 13.2. The van der Waals surface area contributed by atoms with Crippen molar-refractivity contribution < 1.29 is 14.6 Å². The monoisotopic (exact) mass is 340 g/mol. The smallest absolute Gasteiger partial charge is 0.175 e. The van der Waals surface area contributed by atoms with Crippen molar-refractivity contribution >= 4 is 27.3 Å².